The summed E-state index contributed by atoms with van der Waals surface area (Å²) in [7, 11) is 0. The Labute approximate surface area is 139 Å². The Morgan fingerprint density at radius 1 is 1.35 bits per heavy atom. The van der Waals surface area contributed by atoms with Gasteiger partial charge in [0.25, 0.3) is 0 Å². The van der Waals surface area contributed by atoms with Crippen molar-refractivity contribution in [3.05, 3.63) is 22.1 Å². The van der Waals surface area contributed by atoms with Crippen LogP contribution in [0.3, 0.4) is 0 Å². The zero-order chi connectivity index (χ0) is 16.4. The molecule has 0 unspecified atom stereocenters. The van der Waals surface area contributed by atoms with Crippen LogP contribution in [-0.2, 0) is 11.2 Å². The van der Waals surface area contributed by atoms with E-state index in [0.29, 0.717) is 34.7 Å². The van der Waals surface area contributed by atoms with Crippen molar-refractivity contribution in [1.82, 2.24) is 15.3 Å². The van der Waals surface area contributed by atoms with E-state index in [-0.39, 0.29) is 24.1 Å². The quantitative estimate of drug-likeness (QED) is 0.795. The number of Topliss-reactive ketones (excluding diaryl/α,β-unsaturated/α-hetero) is 1. The van der Waals surface area contributed by atoms with E-state index >= 15 is 0 Å². The second kappa shape index (κ2) is 6.42. The van der Waals surface area contributed by atoms with E-state index < -0.39 is 0 Å². The van der Waals surface area contributed by atoms with Crippen molar-refractivity contribution in [2.75, 3.05) is 23.3 Å². The molecule has 1 aliphatic heterocycles. The predicted molar refractivity (Wildman–Crippen MR) is 87.3 cm³/mol. The third kappa shape index (κ3) is 3.54. The third-order valence-electron chi connectivity index (χ3n) is 3.08. The fourth-order valence-electron chi connectivity index (χ4n) is 1.98. The first kappa shape index (κ1) is 15.6. The molecule has 120 valence electrons. The van der Waals surface area contributed by atoms with Gasteiger partial charge in [0.1, 0.15) is 5.69 Å². The second-order valence-electron chi connectivity index (χ2n) is 4.82. The van der Waals surface area contributed by atoms with Crippen molar-refractivity contribution in [2.24, 2.45) is 0 Å². The minimum absolute atomic E-state index is 0.0843. The lowest BCUT2D eigenvalue weighted by Gasteiger charge is -2.08. The number of rotatable bonds is 5. The van der Waals surface area contributed by atoms with E-state index in [9.17, 15) is 14.4 Å². The summed E-state index contributed by atoms with van der Waals surface area (Å²) in [6.45, 7) is 2.59. The van der Waals surface area contributed by atoms with Crippen molar-refractivity contribution < 1.29 is 14.4 Å². The zero-order valence-electron chi connectivity index (χ0n) is 12.2. The molecule has 1 saturated heterocycles. The topological polar surface area (TPSA) is 104 Å². The van der Waals surface area contributed by atoms with Crippen molar-refractivity contribution in [2.45, 2.75) is 13.3 Å². The van der Waals surface area contributed by atoms with Crippen LogP contribution in [0.5, 0.6) is 0 Å². The average molecular weight is 351 g/mol. The predicted octanol–water partition coefficient (Wildman–Crippen LogP) is 1.51. The van der Waals surface area contributed by atoms with Crippen LogP contribution in [0.25, 0.3) is 0 Å². The normalized spacial score (nSPS) is 14.0. The number of urea groups is 1. The highest BCUT2D eigenvalue weighted by atomic mass is 32.1. The first-order chi connectivity index (χ1) is 11.0. The molecule has 10 heteroatoms. The maximum atomic E-state index is 12.0. The van der Waals surface area contributed by atoms with Crippen LogP contribution in [0.2, 0.25) is 0 Å². The summed E-state index contributed by atoms with van der Waals surface area (Å²) in [5, 5.41) is 9.66. The summed E-state index contributed by atoms with van der Waals surface area (Å²) in [6.07, 6.45) is 0.0843. The Morgan fingerprint density at radius 2 is 2.17 bits per heavy atom. The zero-order valence-corrected chi connectivity index (χ0v) is 13.8. The van der Waals surface area contributed by atoms with E-state index in [4.69, 9.17) is 0 Å². The van der Waals surface area contributed by atoms with Gasteiger partial charge in [-0.15, -0.1) is 22.7 Å². The SMILES string of the molecule is CC(=O)c1csc(NC(=O)Cc2csc(N3CCNC3=O)n2)n1. The summed E-state index contributed by atoms with van der Waals surface area (Å²) in [4.78, 5) is 44.6. The van der Waals surface area contributed by atoms with Gasteiger partial charge in [0, 0.05) is 30.8 Å². The van der Waals surface area contributed by atoms with Crippen molar-refractivity contribution in [3.63, 3.8) is 0 Å². The van der Waals surface area contributed by atoms with Crippen LogP contribution in [0.1, 0.15) is 23.1 Å². The summed E-state index contributed by atoms with van der Waals surface area (Å²) < 4.78 is 0. The van der Waals surface area contributed by atoms with Gasteiger partial charge in [0.2, 0.25) is 5.91 Å². The Hall–Kier alpha value is -2.33. The second-order valence-corrected chi connectivity index (χ2v) is 6.52. The van der Waals surface area contributed by atoms with Crippen LogP contribution in [0.15, 0.2) is 10.8 Å². The molecule has 3 amide bonds. The number of aromatic nitrogens is 2. The minimum atomic E-state index is -0.267. The molecular weight excluding hydrogens is 338 g/mol. The average Bonchev–Trinajstić information content (AvgIpc) is 3.19. The number of carbonyl (C=O) groups is 3. The fraction of sp³-hybridized carbons (Fsp3) is 0.308. The molecule has 0 radical (unpaired) electrons. The van der Waals surface area contributed by atoms with Gasteiger partial charge in [-0.25, -0.2) is 14.8 Å². The number of nitrogens with one attached hydrogen (secondary N) is 2. The number of amides is 3. The molecule has 8 nitrogen and oxygen atoms in total. The molecule has 23 heavy (non-hydrogen) atoms. The Kier molecular flexibility index (Phi) is 4.35. The smallest absolute Gasteiger partial charge is 0.323 e. The number of hydrogen-bond donors (Lipinski definition) is 2. The first-order valence-corrected chi connectivity index (χ1v) is 8.55. The number of carbonyl (C=O) groups excluding carboxylic acids is 3. The van der Waals surface area contributed by atoms with Gasteiger partial charge in [0.15, 0.2) is 16.0 Å². The molecule has 0 aromatic carbocycles. The maximum absolute atomic E-state index is 12.0. The molecule has 3 heterocycles. The summed E-state index contributed by atoms with van der Waals surface area (Å²) in [5.41, 5.74) is 0.923. The lowest BCUT2D eigenvalue weighted by molar-refractivity contribution is -0.115. The van der Waals surface area contributed by atoms with Crippen LogP contribution in [0, 0.1) is 0 Å². The highest BCUT2D eigenvalue weighted by Crippen LogP contribution is 2.22. The molecule has 2 aromatic heterocycles. The molecule has 0 saturated carbocycles. The largest absolute Gasteiger partial charge is 0.336 e. The van der Waals surface area contributed by atoms with Crippen LogP contribution < -0.4 is 15.5 Å². The molecular formula is C13H13N5O3S2. The number of anilines is 2. The van der Waals surface area contributed by atoms with Gasteiger partial charge in [-0.05, 0) is 0 Å². The maximum Gasteiger partial charge on any atom is 0.323 e. The van der Waals surface area contributed by atoms with Crippen LogP contribution >= 0.6 is 22.7 Å². The number of nitrogens with zero attached hydrogens (tertiary/aromatic N) is 3. The summed E-state index contributed by atoms with van der Waals surface area (Å²) in [5.74, 6) is -0.410. The van der Waals surface area contributed by atoms with E-state index in [1.165, 1.54) is 29.6 Å². The number of thiazole rings is 2. The molecule has 0 spiro atoms. The number of ketones is 1. The number of hydrogen-bond acceptors (Lipinski definition) is 7. The van der Waals surface area contributed by atoms with Crippen molar-refractivity contribution in [3.8, 4) is 0 Å². The Bertz CT molecular complexity index is 769. The molecule has 1 aliphatic rings. The Morgan fingerprint density at radius 3 is 2.83 bits per heavy atom. The lowest BCUT2D eigenvalue weighted by atomic mass is 10.3. The van der Waals surface area contributed by atoms with E-state index in [1.54, 1.807) is 15.7 Å². The highest BCUT2D eigenvalue weighted by Gasteiger charge is 2.24. The molecule has 1 fully saturated rings. The van der Waals surface area contributed by atoms with Crippen LogP contribution in [0.4, 0.5) is 15.1 Å². The van der Waals surface area contributed by atoms with Crippen molar-refractivity contribution in [1.29, 1.82) is 0 Å². The lowest BCUT2D eigenvalue weighted by Crippen LogP contribution is -2.27. The molecule has 2 aromatic rings. The van der Waals surface area contributed by atoms with Crippen molar-refractivity contribution >= 4 is 50.7 Å². The van der Waals surface area contributed by atoms with Gasteiger partial charge < -0.3 is 10.6 Å². The molecule has 0 bridgehead atoms. The first-order valence-electron chi connectivity index (χ1n) is 6.79. The van der Waals surface area contributed by atoms with E-state index in [2.05, 4.69) is 20.6 Å². The van der Waals surface area contributed by atoms with Gasteiger partial charge in [-0.2, -0.15) is 0 Å². The Balaban J connectivity index is 1.60. The van der Waals surface area contributed by atoms with E-state index in [1.807, 2.05) is 0 Å². The van der Waals surface area contributed by atoms with E-state index in [0.717, 1.165) is 0 Å². The molecule has 0 atom stereocenters. The monoisotopic (exact) mass is 351 g/mol. The van der Waals surface area contributed by atoms with Gasteiger partial charge in [0.05, 0.1) is 12.1 Å². The fourth-order valence-corrected chi connectivity index (χ4v) is 3.59. The minimum Gasteiger partial charge on any atom is -0.336 e. The van der Waals surface area contributed by atoms with Gasteiger partial charge in [-0.3, -0.25) is 14.5 Å². The molecule has 3 rings (SSSR count). The standard InChI is InChI=1S/C13H13N5O3S2/c1-7(19)9-6-22-11(16-9)17-10(20)4-8-5-23-13(15-8)18-3-2-14-12(18)21/h5-6H,2-4H2,1H3,(H,14,21)(H,16,17,20). The summed E-state index contributed by atoms with van der Waals surface area (Å²) in [6, 6.07) is -0.171. The third-order valence-corrected chi connectivity index (χ3v) is 4.75. The summed E-state index contributed by atoms with van der Waals surface area (Å²) >= 11 is 2.52. The van der Waals surface area contributed by atoms with Gasteiger partial charge >= 0.3 is 6.03 Å². The molecule has 2 N–H and O–H groups in total. The van der Waals surface area contributed by atoms with Crippen LogP contribution in [-0.4, -0.2) is 40.8 Å². The highest BCUT2D eigenvalue weighted by molar-refractivity contribution is 7.14. The molecule has 0 aliphatic carbocycles. The van der Waals surface area contributed by atoms with Gasteiger partial charge in [-0.1, -0.05) is 0 Å².